The number of nitrogens with zero attached hydrogens (tertiary/aromatic N) is 3. The van der Waals surface area contributed by atoms with Gasteiger partial charge >= 0.3 is 0 Å². The molecule has 3 aromatic rings. The highest BCUT2D eigenvalue weighted by atomic mass is 32.2. The summed E-state index contributed by atoms with van der Waals surface area (Å²) in [6.45, 7) is 6.23. The molecule has 6 nitrogen and oxygen atoms in total. The van der Waals surface area contributed by atoms with Gasteiger partial charge in [-0.25, -0.2) is 0 Å². The highest BCUT2D eigenvalue weighted by Gasteiger charge is 2.14. The van der Waals surface area contributed by atoms with Crippen molar-refractivity contribution in [2.45, 2.75) is 33.3 Å². The lowest BCUT2D eigenvalue weighted by Crippen LogP contribution is -2.29. The third-order valence-electron chi connectivity index (χ3n) is 4.41. The monoisotopic (exact) mass is 396 g/mol. The predicted octanol–water partition coefficient (Wildman–Crippen LogP) is 4.29. The van der Waals surface area contributed by atoms with Gasteiger partial charge in [-0.15, -0.1) is 22.0 Å². The molecule has 0 bridgehead atoms. The van der Waals surface area contributed by atoms with E-state index in [0.717, 1.165) is 17.0 Å². The molecular weight excluding hydrogens is 372 g/mol. The van der Waals surface area contributed by atoms with Gasteiger partial charge in [0.2, 0.25) is 5.95 Å². The maximum atomic E-state index is 13.0. The van der Waals surface area contributed by atoms with Crippen LogP contribution in [0.4, 0.5) is 11.6 Å². The Morgan fingerprint density at radius 1 is 1.07 bits per heavy atom. The molecule has 0 saturated carbocycles. The minimum absolute atomic E-state index is 0.0798. The number of benzene rings is 2. The summed E-state index contributed by atoms with van der Waals surface area (Å²) in [5.74, 6) is 2.52. The van der Waals surface area contributed by atoms with E-state index in [0.29, 0.717) is 17.6 Å². The third kappa shape index (κ3) is 4.72. The summed E-state index contributed by atoms with van der Waals surface area (Å²) in [5.41, 5.74) is 3.29. The molecule has 0 fully saturated rings. The molecule has 0 saturated heterocycles. The molecule has 1 heterocycles. The molecule has 1 N–H and O–H groups in total. The van der Waals surface area contributed by atoms with Crippen molar-refractivity contribution in [1.82, 2.24) is 14.8 Å². The largest absolute Gasteiger partial charge is 0.487 e. The summed E-state index contributed by atoms with van der Waals surface area (Å²) < 4.78 is 7.30. The van der Waals surface area contributed by atoms with E-state index < -0.39 is 0 Å². The van der Waals surface area contributed by atoms with Gasteiger partial charge in [0.05, 0.1) is 5.88 Å². The second-order valence-corrected chi connectivity index (χ2v) is 7.54. The number of hydrogen-bond acceptors (Lipinski definition) is 6. The van der Waals surface area contributed by atoms with Crippen LogP contribution in [0.15, 0.2) is 53.3 Å². The van der Waals surface area contributed by atoms with Gasteiger partial charge in [-0.3, -0.25) is 9.36 Å². The fourth-order valence-electron chi connectivity index (χ4n) is 2.62. The summed E-state index contributed by atoms with van der Waals surface area (Å²) in [6, 6.07) is 15.4. The van der Waals surface area contributed by atoms with Crippen LogP contribution >= 0.6 is 11.8 Å². The molecule has 0 amide bonds. The Morgan fingerprint density at radius 2 is 1.86 bits per heavy atom. The first-order valence-electron chi connectivity index (χ1n) is 9.15. The normalized spacial score (nSPS) is 10.7. The van der Waals surface area contributed by atoms with Crippen LogP contribution in [0.5, 0.6) is 5.75 Å². The Balaban J connectivity index is 1.88. The lowest BCUT2D eigenvalue weighted by Gasteiger charge is -2.15. The summed E-state index contributed by atoms with van der Waals surface area (Å²) in [5, 5.41) is 11.7. The molecule has 0 spiro atoms. The Labute approximate surface area is 169 Å². The molecule has 3 rings (SSSR count). The van der Waals surface area contributed by atoms with Crippen LogP contribution in [0, 0.1) is 13.8 Å². The van der Waals surface area contributed by atoms with Crippen LogP contribution in [-0.2, 0) is 12.5 Å². The van der Waals surface area contributed by atoms with E-state index in [2.05, 4.69) is 35.4 Å². The zero-order valence-corrected chi connectivity index (χ0v) is 17.1. The van der Waals surface area contributed by atoms with E-state index in [1.165, 1.54) is 5.56 Å². The van der Waals surface area contributed by atoms with Crippen molar-refractivity contribution < 1.29 is 4.74 Å². The Hall–Kier alpha value is -2.80. The molecule has 28 heavy (non-hydrogen) atoms. The average molecular weight is 397 g/mol. The zero-order valence-electron chi connectivity index (χ0n) is 16.3. The molecule has 0 radical (unpaired) electrons. The van der Waals surface area contributed by atoms with Gasteiger partial charge in [-0.05, 0) is 48.9 Å². The quantitative estimate of drug-likeness (QED) is 0.613. The Morgan fingerprint density at radius 3 is 2.61 bits per heavy atom. The van der Waals surface area contributed by atoms with E-state index in [-0.39, 0.29) is 17.9 Å². The predicted molar refractivity (Wildman–Crippen MR) is 114 cm³/mol. The van der Waals surface area contributed by atoms with E-state index in [1.807, 2.05) is 49.4 Å². The number of nitrogens with one attached hydrogen (secondary N) is 1. The van der Waals surface area contributed by atoms with Gasteiger partial charge in [0.25, 0.3) is 5.56 Å². The van der Waals surface area contributed by atoms with Crippen LogP contribution in [0.1, 0.15) is 23.7 Å². The van der Waals surface area contributed by atoms with E-state index in [9.17, 15) is 4.79 Å². The molecule has 7 heteroatoms. The van der Waals surface area contributed by atoms with Gasteiger partial charge in [0.15, 0.2) is 5.69 Å². The van der Waals surface area contributed by atoms with Crippen LogP contribution in [0.25, 0.3) is 0 Å². The molecule has 0 unspecified atom stereocenters. The number of aromatic nitrogens is 3. The molecule has 0 aliphatic heterocycles. The smallest absolute Gasteiger partial charge is 0.281 e. The van der Waals surface area contributed by atoms with Gasteiger partial charge in [0.1, 0.15) is 12.4 Å². The summed E-state index contributed by atoms with van der Waals surface area (Å²) >= 11 is 1.64. The summed E-state index contributed by atoms with van der Waals surface area (Å²) in [7, 11) is 0. The Kier molecular flexibility index (Phi) is 6.71. The van der Waals surface area contributed by atoms with Crippen molar-refractivity contribution in [2.24, 2.45) is 0 Å². The van der Waals surface area contributed by atoms with E-state index in [1.54, 1.807) is 16.3 Å². The second-order valence-electron chi connectivity index (χ2n) is 6.30. The van der Waals surface area contributed by atoms with Gasteiger partial charge in [0, 0.05) is 5.69 Å². The van der Waals surface area contributed by atoms with Crippen LogP contribution in [-0.4, -0.2) is 20.5 Å². The zero-order chi connectivity index (χ0) is 19.9. The molecule has 2 aromatic carbocycles. The van der Waals surface area contributed by atoms with Gasteiger partial charge < -0.3 is 10.1 Å². The average Bonchev–Trinajstić information content (AvgIpc) is 2.71. The Bertz CT molecular complexity index is 989. The minimum atomic E-state index is -0.195. The second kappa shape index (κ2) is 9.41. The first-order chi connectivity index (χ1) is 13.6. The highest BCUT2D eigenvalue weighted by molar-refractivity contribution is 7.98. The topological polar surface area (TPSA) is 69.0 Å². The number of ether oxygens (including phenoxy) is 1. The van der Waals surface area contributed by atoms with Crippen molar-refractivity contribution >= 4 is 23.4 Å². The summed E-state index contributed by atoms with van der Waals surface area (Å²) in [6.07, 6.45) is 0. The lowest BCUT2D eigenvalue weighted by atomic mass is 10.1. The van der Waals surface area contributed by atoms with Crippen molar-refractivity contribution in [3.63, 3.8) is 0 Å². The first kappa shape index (κ1) is 19.9. The molecule has 0 aliphatic carbocycles. The van der Waals surface area contributed by atoms with Gasteiger partial charge in [-0.2, -0.15) is 0 Å². The highest BCUT2D eigenvalue weighted by Crippen LogP contribution is 2.22. The van der Waals surface area contributed by atoms with Crippen molar-refractivity contribution in [2.75, 3.05) is 11.1 Å². The fourth-order valence-corrected chi connectivity index (χ4v) is 3.22. The molecule has 0 aliphatic rings. The molecule has 146 valence electrons. The first-order valence-corrected chi connectivity index (χ1v) is 10.3. The summed E-state index contributed by atoms with van der Waals surface area (Å²) in [4.78, 5) is 13.0. The van der Waals surface area contributed by atoms with Crippen LogP contribution < -0.4 is 15.6 Å². The number of aryl methyl sites for hydroxylation is 1. The van der Waals surface area contributed by atoms with Crippen molar-refractivity contribution in [3.05, 3.63) is 75.7 Å². The SMILES string of the molecule is CCSCn1c(Nc2cccc(C)c2C)nnc(COc2ccccc2)c1=O. The minimum Gasteiger partial charge on any atom is -0.487 e. The standard InChI is InChI=1S/C21H24N4O2S/c1-4-28-14-25-20(26)19(13-27-17-10-6-5-7-11-17)23-24-21(25)22-18-12-8-9-15(2)16(18)3/h5-12H,4,13-14H2,1-3H3,(H,22,24). The van der Waals surface area contributed by atoms with Crippen molar-refractivity contribution in [3.8, 4) is 5.75 Å². The number of para-hydroxylation sites is 1. The number of hydrogen-bond donors (Lipinski definition) is 1. The van der Waals surface area contributed by atoms with Crippen LogP contribution in [0.3, 0.4) is 0 Å². The maximum Gasteiger partial charge on any atom is 0.281 e. The maximum absolute atomic E-state index is 13.0. The van der Waals surface area contributed by atoms with E-state index >= 15 is 0 Å². The lowest BCUT2D eigenvalue weighted by molar-refractivity contribution is 0.296. The molecule has 1 aromatic heterocycles. The number of rotatable bonds is 8. The fraction of sp³-hybridized carbons (Fsp3) is 0.286. The molecular formula is C21H24N4O2S. The number of anilines is 2. The third-order valence-corrected chi connectivity index (χ3v) is 5.26. The van der Waals surface area contributed by atoms with Gasteiger partial charge in [-0.1, -0.05) is 37.3 Å². The molecule has 0 atom stereocenters. The number of thioether (sulfide) groups is 1. The van der Waals surface area contributed by atoms with Crippen molar-refractivity contribution in [1.29, 1.82) is 0 Å². The van der Waals surface area contributed by atoms with E-state index in [4.69, 9.17) is 4.74 Å². The van der Waals surface area contributed by atoms with Crippen LogP contribution in [0.2, 0.25) is 0 Å².